The Hall–Kier alpha value is -2.62. The van der Waals surface area contributed by atoms with E-state index in [4.69, 9.17) is 4.52 Å². The van der Waals surface area contributed by atoms with E-state index in [1.807, 2.05) is 6.26 Å². The maximum Gasteiger partial charge on any atom is 0.248 e. The first-order valence-corrected chi connectivity index (χ1v) is 8.94. The summed E-state index contributed by atoms with van der Waals surface area (Å²) in [6, 6.07) is 2.38. The second-order valence-corrected chi connectivity index (χ2v) is 6.19. The number of carbonyl (C=O) groups is 2. The molecule has 134 valence electrons. The lowest BCUT2D eigenvalue weighted by Crippen LogP contribution is -2.46. The van der Waals surface area contributed by atoms with E-state index < -0.39 is 6.04 Å². The van der Waals surface area contributed by atoms with Gasteiger partial charge in [-0.2, -0.15) is 16.7 Å². The minimum absolute atomic E-state index is 0.0321. The zero-order valence-corrected chi connectivity index (χ0v) is 14.7. The molecular weight excluding hydrogens is 346 g/mol. The molecule has 2 heterocycles. The Labute approximate surface area is 148 Å². The molecule has 0 bridgehead atoms. The van der Waals surface area contributed by atoms with E-state index in [2.05, 4.69) is 25.8 Å². The molecule has 10 heteroatoms. The van der Waals surface area contributed by atoms with Crippen LogP contribution < -0.4 is 16.2 Å². The fourth-order valence-electron chi connectivity index (χ4n) is 2.06. The molecule has 2 aromatic heterocycles. The highest BCUT2D eigenvalue weighted by Crippen LogP contribution is 2.12. The van der Waals surface area contributed by atoms with Crippen LogP contribution >= 0.6 is 11.8 Å². The highest BCUT2D eigenvalue weighted by atomic mass is 32.2. The summed E-state index contributed by atoms with van der Waals surface area (Å²) >= 11 is 1.59. The summed E-state index contributed by atoms with van der Waals surface area (Å²) in [5.41, 5.74) is 0.241. The summed E-state index contributed by atoms with van der Waals surface area (Å²) in [7, 11) is 0. The van der Waals surface area contributed by atoms with Crippen molar-refractivity contribution < 1.29 is 14.1 Å². The monoisotopic (exact) mass is 365 g/mol. The lowest BCUT2D eigenvalue weighted by Gasteiger charge is -2.16. The smallest absolute Gasteiger partial charge is 0.248 e. The number of thioether (sulfide) groups is 1. The third kappa shape index (κ3) is 5.75. The van der Waals surface area contributed by atoms with Crippen molar-refractivity contribution in [2.45, 2.75) is 25.9 Å². The van der Waals surface area contributed by atoms with Crippen molar-refractivity contribution in [3.63, 3.8) is 0 Å². The van der Waals surface area contributed by atoms with E-state index in [1.54, 1.807) is 17.8 Å². The minimum atomic E-state index is -0.611. The average Bonchev–Trinajstić information content (AvgIpc) is 3.05. The Morgan fingerprint density at radius 3 is 2.92 bits per heavy atom. The number of carbonyl (C=O) groups excluding carboxylic acids is 2. The Kier molecular flexibility index (Phi) is 6.75. The van der Waals surface area contributed by atoms with Crippen LogP contribution in [0.4, 0.5) is 0 Å². The molecule has 0 saturated carbocycles. The van der Waals surface area contributed by atoms with Crippen molar-refractivity contribution in [2.24, 2.45) is 0 Å². The number of nitrogens with zero attached hydrogens (tertiary/aromatic N) is 2. The molecule has 25 heavy (non-hydrogen) atoms. The van der Waals surface area contributed by atoms with Crippen molar-refractivity contribution in [1.29, 1.82) is 0 Å². The predicted molar refractivity (Wildman–Crippen MR) is 92.8 cm³/mol. The highest BCUT2D eigenvalue weighted by molar-refractivity contribution is 7.98. The Balaban J connectivity index is 1.97. The van der Waals surface area contributed by atoms with Crippen molar-refractivity contribution in [3.05, 3.63) is 34.6 Å². The number of hydrogen-bond acceptors (Lipinski definition) is 7. The third-order valence-corrected chi connectivity index (χ3v) is 3.86. The molecular formula is C15H19N5O4S. The van der Waals surface area contributed by atoms with Crippen molar-refractivity contribution in [1.82, 2.24) is 25.8 Å². The van der Waals surface area contributed by atoms with Gasteiger partial charge in [-0.05, 0) is 24.5 Å². The Bertz CT molecular complexity index is 788. The molecule has 0 radical (unpaired) electrons. The highest BCUT2D eigenvalue weighted by Gasteiger charge is 2.19. The van der Waals surface area contributed by atoms with Gasteiger partial charge >= 0.3 is 0 Å². The topological polar surface area (TPSA) is 130 Å². The maximum absolute atomic E-state index is 12.2. The molecule has 0 aromatic carbocycles. The number of hydrogen-bond donors (Lipinski definition) is 3. The molecule has 2 aromatic rings. The first-order valence-electron chi connectivity index (χ1n) is 7.55. The van der Waals surface area contributed by atoms with Crippen LogP contribution in [0.25, 0.3) is 11.4 Å². The second kappa shape index (κ2) is 9.02. The lowest BCUT2D eigenvalue weighted by molar-refractivity contribution is -0.128. The van der Waals surface area contributed by atoms with Gasteiger partial charge in [-0.3, -0.25) is 14.4 Å². The summed E-state index contributed by atoms with van der Waals surface area (Å²) in [6.45, 7) is 1.40. The van der Waals surface area contributed by atoms with Crippen molar-refractivity contribution >= 4 is 23.6 Å². The van der Waals surface area contributed by atoms with Gasteiger partial charge < -0.3 is 20.1 Å². The SMILES string of the molecule is CSCC[C@@H](NC(C)=O)C(=O)NCc1nc(-c2cc[nH]c(=O)c2)no1. The van der Waals surface area contributed by atoms with Crippen LogP contribution in [0.3, 0.4) is 0 Å². The number of amides is 2. The quantitative estimate of drug-likeness (QED) is 0.613. The van der Waals surface area contributed by atoms with Gasteiger partial charge in [0.15, 0.2) is 0 Å². The van der Waals surface area contributed by atoms with Gasteiger partial charge in [-0.25, -0.2) is 0 Å². The normalized spacial score (nSPS) is 11.8. The number of H-pyrrole nitrogens is 1. The van der Waals surface area contributed by atoms with E-state index in [0.29, 0.717) is 12.0 Å². The predicted octanol–water partition coefficient (Wildman–Crippen LogP) is 0.299. The molecule has 0 aliphatic rings. The third-order valence-electron chi connectivity index (χ3n) is 3.22. The molecule has 0 fully saturated rings. The summed E-state index contributed by atoms with van der Waals surface area (Å²) < 4.78 is 5.07. The van der Waals surface area contributed by atoms with Gasteiger partial charge in [-0.1, -0.05) is 5.16 Å². The zero-order chi connectivity index (χ0) is 18.2. The molecule has 0 aliphatic carbocycles. The summed E-state index contributed by atoms with van der Waals surface area (Å²) in [6.07, 6.45) is 3.94. The van der Waals surface area contributed by atoms with Gasteiger partial charge in [-0.15, -0.1) is 0 Å². The lowest BCUT2D eigenvalue weighted by atomic mass is 10.2. The van der Waals surface area contributed by atoms with Gasteiger partial charge in [0.2, 0.25) is 29.1 Å². The van der Waals surface area contributed by atoms with E-state index in [-0.39, 0.29) is 35.6 Å². The minimum Gasteiger partial charge on any atom is -0.345 e. The van der Waals surface area contributed by atoms with Crippen LogP contribution in [0, 0.1) is 0 Å². The largest absolute Gasteiger partial charge is 0.345 e. The van der Waals surface area contributed by atoms with E-state index >= 15 is 0 Å². The van der Waals surface area contributed by atoms with Crippen LogP contribution in [-0.2, 0) is 16.1 Å². The molecule has 0 saturated heterocycles. The molecule has 0 unspecified atom stereocenters. The van der Waals surface area contributed by atoms with Crippen LogP contribution in [0.15, 0.2) is 27.6 Å². The molecule has 0 spiro atoms. The fraction of sp³-hybridized carbons (Fsp3) is 0.400. The van der Waals surface area contributed by atoms with E-state index in [9.17, 15) is 14.4 Å². The Morgan fingerprint density at radius 1 is 1.44 bits per heavy atom. The summed E-state index contributed by atoms with van der Waals surface area (Å²) in [4.78, 5) is 41.4. The first-order chi connectivity index (χ1) is 12.0. The number of rotatable bonds is 8. The maximum atomic E-state index is 12.2. The van der Waals surface area contributed by atoms with Gasteiger partial charge in [0.05, 0.1) is 6.54 Å². The number of pyridine rings is 1. The molecule has 2 amide bonds. The van der Waals surface area contributed by atoms with Crippen LogP contribution in [0.1, 0.15) is 19.2 Å². The van der Waals surface area contributed by atoms with Crippen molar-refractivity contribution in [2.75, 3.05) is 12.0 Å². The van der Waals surface area contributed by atoms with E-state index in [1.165, 1.54) is 19.2 Å². The van der Waals surface area contributed by atoms with E-state index in [0.717, 1.165) is 5.75 Å². The van der Waals surface area contributed by atoms with Crippen LogP contribution in [0.2, 0.25) is 0 Å². The number of aromatic amines is 1. The summed E-state index contributed by atoms with van der Waals surface area (Å²) in [5, 5.41) is 9.07. The van der Waals surface area contributed by atoms with Gasteiger partial charge in [0.25, 0.3) is 0 Å². The first kappa shape index (κ1) is 18.7. The van der Waals surface area contributed by atoms with Gasteiger partial charge in [0, 0.05) is 24.8 Å². The average molecular weight is 365 g/mol. The number of aromatic nitrogens is 3. The summed E-state index contributed by atoms with van der Waals surface area (Å²) in [5.74, 6) is 0.619. The van der Waals surface area contributed by atoms with Crippen LogP contribution in [0.5, 0.6) is 0 Å². The van der Waals surface area contributed by atoms with Crippen molar-refractivity contribution in [3.8, 4) is 11.4 Å². The molecule has 2 rings (SSSR count). The Morgan fingerprint density at radius 2 is 2.24 bits per heavy atom. The zero-order valence-electron chi connectivity index (χ0n) is 13.9. The van der Waals surface area contributed by atoms with Crippen LogP contribution in [-0.4, -0.2) is 45.0 Å². The van der Waals surface area contributed by atoms with Gasteiger partial charge in [0.1, 0.15) is 6.04 Å². The molecule has 3 N–H and O–H groups in total. The molecule has 1 atom stereocenters. The molecule has 9 nitrogen and oxygen atoms in total. The standard InChI is InChI=1S/C15H19N5O4S/c1-9(21)18-11(4-6-25-2)15(23)17-8-13-19-14(20-24-13)10-3-5-16-12(22)7-10/h3,5,7,11H,4,6,8H2,1-2H3,(H,16,22)(H,17,23)(H,18,21)/t11-/m1/s1. The fourth-order valence-corrected chi connectivity index (χ4v) is 2.53. The molecule has 0 aliphatic heterocycles. The number of nitrogens with one attached hydrogen (secondary N) is 3. The second-order valence-electron chi connectivity index (χ2n) is 5.21.